The number of carbonyl (C=O) groups excluding carboxylic acids is 2. The second-order valence-corrected chi connectivity index (χ2v) is 4.78. The van der Waals surface area contributed by atoms with Gasteiger partial charge in [-0.05, 0) is 12.6 Å². The Bertz CT molecular complexity index is 472. The maximum absolute atomic E-state index is 11.8. The average molecular weight is 230 g/mol. The molecule has 0 unspecified atom stereocenters. The molecule has 17 heavy (non-hydrogen) atoms. The second-order valence-electron chi connectivity index (χ2n) is 4.78. The number of benzene rings is 1. The zero-order chi connectivity index (χ0) is 12.0. The SMILES string of the molecule is CN1C[C@H]2C(=O)NC(=O)[C@H]2[C@H]1c1ccccc1. The molecule has 2 fully saturated rings. The summed E-state index contributed by atoms with van der Waals surface area (Å²) in [5, 5.41) is 2.43. The van der Waals surface area contributed by atoms with E-state index >= 15 is 0 Å². The number of hydrogen-bond donors (Lipinski definition) is 1. The molecule has 4 nitrogen and oxygen atoms in total. The van der Waals surface area contributed by atoms with Gasteiger partial charge in [-0.3, -0.25) is 19.8 Å². The maximum Gasteiger partial charge on any atom is 0.232 e. The molecule has 0 aromatic heterocycles. The minimum absolute atomic E-state index is 0.0210. The highest BCUT2D eigenvalue weighted by Gasteiger charge is 2.52. The van der Waals surface area contributed by atoms with Crippen LogP contribution in [0.5, 0.6) is 0 Å². The summed E-state index contributed by atoms with van der Waals surface area (Å²) in [6.45, 7) is 0.655. The zero-order valence-electron chi connectivity index (χ0n) is 9.59. The van der Waals surface area contributed by atoms with Crippen LogP contribution in [-0.2, 0) is 9.59 Å². The molecule has 2 aliphatic heterocycles. The Balaban J connectivity index is 2.00. The van der Waals surface area contributed by atoms with E-state index in [1.807, 2.05) is 37.4 Å². The third kappa shape index (κ3) is 1.48. The molecule has 2 saturated heterocycles. The Hall–Kier alpha value is -1.68. The quantitative estimate of drug-likeness (QED) is 0.717. The molecular weight excluding hydrogens is 216 g/mol. The molecule has 1 aromatic carbocycles. The summed E-state index contributed by atoms with van der Waals surface area (Å²) in [4.78, 5) is 25.6. The monoisotopic (exact) mass is 230 g/mol. The topological polar surface area (TPSA) is 49.4 Å². The Morgan fingerprint density at radius 1 is 1.18 bits per heavy atom. The first-order valence-corrected chi connectivity index (χ1v) is 5.78. The molecule has 2 amide bonds. The van der Waals surface area contributed by atoms with E-state index in [9.17, 15) is 9.59 Å². The van der Waals surface area contributed by atoms with Gasteiger partial charge in [0.2, 0.25) is 11.8 Å². The minimum Gasteiger partial charge on any atom is -0.298 e. The lowest BCUT2D eigenvalue weighted by Crippen LogP contribution is -2.31. The van der Waals surface area contributed by atoms with E-state index in [4.69, 9.17) is 0 Å². The van der Waals surface area contributed by atoms with Gasteiger partial charge < -0.3 is 0 Å². The summed E-state index contributed by atoms with van der Waals surface area (Å²) >= 11 is 0. The lowest BCUT2D eigenvalue weighted by Gasteiger charge is -2.23. The van der Waals surface area contributed by atoms with E-state index in [0.717, 1.165) is 5.56 Å². The van der Waals surface area contributed by atoms with Crippen molar-refractivity contribution in [2.24, 2.45) is 11.8 Å². The van der Waals surface area contributed by atoms with Crippen LogP contribution < -0.4 is 5.32 Å². The molecule has 0 aliphatic carbocycles. The average Bonchev–Trinajstić information content (AvgIpc) is 2.79. The standard InChI is InChI=1S/C13H14N2O2/c1-15-7-9-10(13(17)14-12(9)16)11(15)8-5-3-2-4-6-8/h2-6,9-11H,7H2,1H3,(H,14,16,17)/t9-,10-,11-/m1/s1. The molecular formula is C13H14N2O2. The summed E-state index contributed by atoms with van der Waals surface area (Å²) in [5.41, 5.74) is 1.10. The normalized spacial score (nSPS) is 32.6. The molecule has 0 radical (unpaired) electrons. The van der Waals surface area contributed by atoms with E-state index < -0.39 is 0 Å². The summed E-state index contributed by atoms with van der Waals surface area (Å²) in [6, 6.07) is 9.93. The van der Waals surface area contributed by atoms with Crippen molar-refractivity contribution in [2.45, 2.75) is 6.04 Å². The van der Waals surface area contributed by atoms with Crippen molar-refractivity contribution in [3.63, 3.8) is 0 Å². The number of nitrogens with zero attached hydrogens (tertiary/aromatic N) is 1. The summed E-state index contributed by atoms with van der Waals surface area (Å²) in [6.07, 6.45) is 0. The van der Waals surface area contributed by atoms with Gasteiger partial charge in [0.15, 0.2) is 0 Å². The lowest BCUT2D eigenvalue weighted by atomic mass is 9.89. The molecule has 4 heteroatoms. The van der Waals surface area contributed by atoms with Gasteiger partial charge in [0, 0.05) is 12.6 Å². The molecule has 2 heterocycles. The van der Waals surface area contributed by atoms with E-state index in [1.54, 1.807) is 0 Å². The Labute approximate surface area is 99.6 Å². The first-order chi connectivity index (χ1) is 8.18. The van der Waals surface area contributed by atoms with Gasteiger partial charge in [-0.1, -0.05) is 30.3 Å². The molecule has 0 spiro atoms. The van der Waals surface area contributed by atoms with Crippen LogP contribution in [0.2, 0.25) is 0 Å². The maximum atomic E-state index is 11.8. The first-order valence-electron chi connectivity index (χ1n) is 5.78. The molecule has 3 rings (SSSR count). The first kappa shape index (κ1) is 10.5. The molecule has 2 aliphatic rings. The number of hydrogen-bond acceptors (Lipinski definition) is 3. The van der Waals surface area contributed by atoms with Crippen LogP contribution in [0.1, 0.15) is 11.6 Å². The fraction of sp³-hybridized carbons (Fsp3) is 0.385. The number of carbonyl (C=O) groups is 2. The fourth-order valence-corrected chi connectivity index (χ4v) is 3.01. The second kappa shape index (κ2) is 3.67. The Morgan fingerprint density at radius 3 is 2.59 bits per heavy atom. The molecule has 3 atom stereocenters. The predicted molar refractivity (Wildman–Crippen MR) is 61.9 cm³/mol. The van der Waals surface area contributed by atoms with Crippen molar-refractivity contribution in [1.29, 1.82) is 0 Å². The molecule has 88 valence electrons. The van der Waals surface area contributed by atoms with E-state index in [0.29, 0.717) is 6.54 Å². The van der Waals surface area contributed by atoms with Crippen LogP contribution >= 0.6 is 0 Å². The predicted octanol–water partition coefficient (Wildman–Crippen LogP) is 0.562. The van der Waals surface area contributed by atoms with Gasteiger partial charge in [0.1, 0.15) is 0 Å². The van der Waals surface area contributed by atoms with Crippen LogP contribution in [0.15, 0.2) is 30.3 Å². The van der Waals surface area contributed by atoms with Gasteiger partial charge in [0.05, 0.1) is 11.8 Å². The van der Waals surface area contributed by atoms with Crippen LogP contribution in [0, 0.1) is 11.8 Å². The minimum atomic E-state index is -0.227. The van der Waals surface area contributed by atoms with Gasteiger partial charge >= 0.3 is 0 Å². The highest BCUT2D eigenvalue weighted by Crippen LogP contribution is 2.42. The lowest BCUT2D eigenvalue weighted by molar-refractivity contribution is -0.127. The van der Waals surface area contributed by atoms with Crippen molar-refractivity contribution in [2.75, 3.05) is 13.6 Å². The third-order valence-corrected chi connectivity index (χ3v) is 3.76. The molecule has 0 saturated carbocycles. The molecule has 1 N–H and O–H groups in total. The number of likely N-dealkylation sites (tertiary alicyclic amines) is 1. The van der Waals surface area contributed by atoms with Crippen molar-refractivity contribution in [3.8, 4) is 0 Å². The highest BCUT2D eigenvalue weighted by atomic mass is 16.2. The van der Waals surface area contributed by atoms with E-state index in [-0.39, 0.29) is 29.7 Å². The van der Waals surface area contributed by atoms with Crippen molar-refractivity contribution >= 4 is 11.8 Å². The van der Waals surface area contributed by atoms with Crippen molar-refractivity contribution in [1.82, 2.24) is 10.2 Å². The smallest absolute Gasteiger partial charge is 0.232 e. The van der Waals surface area contributed by atoms with Crippen molar-refractivity contribution < 1.29 is 9.59 Å². The largest absolute Gasteiger partial charge is 0.298 e. The van der Waals surface area contributed by atoms with Gasteiger partial charge in [-0.2, -0.15) is 0 Å². The van der Waals surface area contributed by atoms with E-state index in [1.165, 1.54) is 0 Å². The van der Waals surface area contributed by atoms with Crippen LogP contribution in [-0.4, -0.2) is 30.3 Å². The molecule has 1 aromatic rings. The number of nitrogens with one attached hydrogen (secondary N) is 1. The summed E-state index contributed by atoms with van der Waals surface area (Å²) in [7, 11) is 1.97. The number of fused-ring (bicyclic) bond motifs is 1. The highest BCUT2D eigenvalue weighted by molar-refractivity contribution is 6.06. The van der Waals surface area contributed by atoms with Gasteiger partial charge in [0.25, 0.3) is 0 Å². The summed E-state index contributed by atoms with van der Waals surface area (Å²) < 4.78 is 0. The van der Waals surface area contributed by atoms with Crippen LogP contribution in [0.25, 0.3) is 0 Å². The zero-order valence-corrected chi connectivity index (χ0v) is 9.59. The van der Waals surface area contributed by atoms with Gasteiger partial charge in [-0.25, -0.2) is 0 Å². The van der Waals surface area contributed by atoms with Crippen LogP contribution in [0.3, 0.4) is 0 Å². The molecule has 0 bridgehead atoms. The Morgan fingerprint density at radius 2 is 1.88 bits per heavy atom. The Kier molecular flexibility index (Phi) is 2.26. The summed E-state index contributed by atoms with van der Waals surface area (Å²) in [5.74, 6) is -0.656. The number of amides is 2. The van der Waals surface area contributed by atoms with Gasteiger partial charge in [-0.15, -0.1) is 0 Å². The number of imide groups is 1. The van der Waals surface area contributed by atoms with E-state index in [2.05, 4.69) is 10.2 Å². The van der Waals surface area contributed by atoms with Crippen molar-refractivity contribution in [3.05, 3.63) is 35.9 Å². The van der Waals surface area contributed by atoms with Crippen LogP contribution in [0.4, 0.5) is 0 Å². The number of rotatable bonds is 1. The third-order valence-electron chi connectivity index (χ3n) is 3.76. The fourth-order valence-electron chi connectivity index (χ4n) is 3.01.